The summed E-state index contributed by atoms with van der Waals surface area (Å²) in [6.45, 7) is 2.40. The third kappa shape index (κ3) is 3.74. The predicted molar refractivity (Wildman–Crippen MR) is 62.4 cm³/mol. The lowest BCUT2D eigenvalue weighted by Gasteiger charge is -2.10. The lowest BCUT2D eigenvalue weighted by atomic mass is 10.2. The summed E-state index contributed by atoms with van der Waals surface area (Å²) < 4.78 is 11.9. The highest BCUT2D eigenvalue weighted by Gasteiger charge is 2.11. The molecular formula is C11H17NO2S. The molecule has 2 atom stereocenters. The minimum atomic E-state index is -1.12. The van der Waals surface area contributed by atoms with Crippen molar-refractivity contribution in [2.45, 2.75) is 17.9 Å². The lowest BCUT2D eigenvalue weighted by molar-refractivity contribution is 0.198. The van der Waals surface area contributed by atoms with Crippen molar-refractivity contribution in [3.05, 3.63) is 29.8 Å². The van der Waals surface area contributed by atoms with Crippen LogP contribution >= 0.6 is 0 Å². The van der Waals surface area contributed by atoms with E-state index in [0.29, 0.717) is 6.54 Å². The van der Waals surface area contributed by atoms with Crippen LogP contribution in [0.4, 0.5) is 0 Å². The van der Waals surface area contributed by atoms with E-state index in [1.807, 2.05) is 31.2 Å². The van der Waals surface area contributed by atoms with Crippen LogP contribution in [0.2, 0.25) is 0 Å². The number of aliphatic hydroxyl groups excluding tert-OH is 1. The Kier molecular flexibility index (Phi) is 4.94. The summed E-state index contributed by atoms with van der Waals surface area (Å²) in [5.41, 5.74) is 1.01. The number of hydrogen-bond acceptors (Lipinski definition) is 3. The second-order valence-electron chi connectivity index (χ2n) is 3.49. The summed E-state index contributed by atoms with van der Waals surface area (Å²) in [4.78, 5) is 0.813. The molecule has 0 aliphatic rings. The highest BCUT2D eigenvalue weighted by Crippen LogP contribution is 2.12. The van der Waals surface area contributed by atoms with E-state index in [9.17, 15) is 9.32 Å². The highest BCUT2D eigenvalue weighted by atomic mass is 32.2. The van der Waals surface area contributed by atoms with Crippen LogP contribution in [0, 0.1) is 6.92 Å². The summed E-state index contributed by atoms with van der Waals surface area (Å²) in [5, 5.41) is 12.4. The van der Waals surface area contributed by atoms with Crippen molar-refractivity contribution in [2.75, 3.05) is 19.3 Å². The van der Waals surface area contributed by atoms with Crippen molar-refractivity contribution < 1.29 is 9.32 Å². The molecule has 0 heterocycles. The van der Waals surface area contributed by atoms with Crippen LogP contribution in [0.3, 0.4) is 0 Å². The molecule has 0 aromatic heterocycles. The van der Waals surface area contributed by atoms with Crippen molar-refractivity contribution in [3.8, 4) is 0 Å². The Balaban J connectivity index is 2.65. The van der Waals surface area contributed by atoms with Gasteiger partial charge in [0.25, 0.3) is 0 Å². The number of rotatable bonds is 5. The molecule has 1 rings (SSSR count). The SMILES string of the molecule is CNCC(O)CS(=O)c1ccccc1C. The molecule has 4 heteroatoms. The normalized spacial score (nSPS) is 14.9. The van der Waals surface area contributed by atoms with Gasteiger partial charge in [0.2, 0.25) is 0 Å². The van der Waals surface area contributed by atoms with Crippen molar-refractivity contribution in [1.29, 1.82) is 0 Å². The Morgan fingerprint density at radius 3 is 2.73 bits per heavy atom. The van der Waals surface area contributed by atoms with Gasteiger partial charge in [-0.3, -0.25) is 4.21 Å². The van der Waals surface area contributed by atoms with Gasteiger partial charge in [0, 0.05) is 11.4 Å². The van der Waals surface area contributed by atoms with Crippen molar-refractivity contribution in [2.24, 2.45) is 0 Å². The number of aliphatic hydroxyl groups is 1. The topological polar surface area (TPSA) is 49.3 Å². The van der Waals surface area contributed by atoms with Gasteiger partial charge in [-0.25, -0.2) is 0 Å². The van der Waals surface area contributed by atoms with Crippen LogP contribution in [0.25, 0.3) is 0 Å². The van der Waals surface area contributed by atoms with E-state index in [1.165, 1.54) is 0 Å². The van der Waals surface area contributed by atoms with E-state index in [4.69, 9.17) is 0 Å². The predicted octanol–water partition coefficient (Wildman–Crippen LogP) is 0.683. The maximum atomic E-state index is 11.9. The van der Waals surface area contributed by atoms with Crippen LogP contribution < -0.4 is 5.32 Å². The monoisotopic (exact) mass is 227 g/mol. The zero-order valence-corrected chi connectivity index (χ0v) is 9.88. The molecule has 15 heavy (non-hydrogen) atoms. The molecule has 0 aliphatic carbocycles. The fraction of sp³-hybridized carbons (Fsp3) is 0.455. The molecule has 0 spiro atoms. The smallest absolute Gasteiger partial charge is 0.0783 e. The Hall–Kier alpha value is -0.710. The first kappa shape index (κ1) is 12.4. The summed E-state index contributed by atoms with van der Waals surface area (Å²) in [6.07, 6.45) is -0.560. The van der Waals surface area contributed by atoms with Gasteiger partial charge in [-0.2, -0.15) is 0 Å². The van der Waals surface area contributed by atoms with Gasteiger partial charge in [0.15, 0.2) is 0 Å². The maximum absolute atomic E-state index is 11.9. The average molecular weight is 227 g/mol. The van der Waals surface area contributed by atoms with E-state index >= 15 is 0 Å². The average Bonchev–Trinajstić information content (AvgIpc) is 2.18. The maximum Gasteiger partial charge on any atom is 0.0783 e. The summed E-state index contributed by atoms with van der Waals surface area (Å²) >= 11 is 0. The zero-order chi connectivity index (χ0) is 11.3. The molecule has 2 unspecified atom stereocenters. The first-order chi connectivity index (χ1) is 7.15. The molecule has 0 aliphatic heterocycles. The summed E-state index contributed by atoms with van der Waals surface area (Å²) in [6, 6.07) is 7.56. The Morgan fingerprint density at radius 2 is 2.13 bits per heavy atom. The van der Waals surface area contributed by atoms with E-state index in [1.54, 1.807) is 7.05 Å². The standard InChI is InChI=1S/C11H17NO2S/c1-9-5-3-4-6-11(9)15(14)8-10(13)7-12-2/h3-6,10,12-13H,7-8H2,1-2H3. The first-order valence-electron chi connectivity index (χ1n) is 4.92. The molecule has 84 valence electrons. The van der Waals surface area contributed by atoms with Crippen molar-refractivity contribution in [3.63, 3.8) is 0 Å². The van der Waals surface area contributed by atoms with E-state index in [0.717, 1.165) is 10.5 Å². The first-order valence-corrected chi connectivity index (χ1v) is 6.23. The minimum Gasteiger partial charge on any atom is -0.391 e. The summed E-state index contributed by atoms with van der Waals surface area (Å²) in [5.74, 6) is 0.283. The fourth-order valence-corrected chi connectivity index (χ4v) is 2.68. The largest absolute Gasteiger partial charge is 0.391 e. The van der Waals surface area contributed by atoms with E-state index < -0.39 is 16.9 Å². The molecule has 1 aromatic rings. The second kappa shape index (κ2) is 6.00. The number of aryl methyl sites for hydroxylation is 1. The number of nitrogens with one attached hydrogen (secondary N) is 1. The Labute approximate surface area is 93.0 Å². The van der Waals surface area contributed by atoms with Gasteiger partial charge in [-0.1, -0.05) is 18.2 Å². The van der Waals surface area contributed by atoms with Crippen LogP contribution in [0.1, 0.15) is 5.56 Å². The number of hydrogen-bond donors (Lipinski definition) is 2. The molecule has 0 saturated carbocycles. The Morgan fingerprint density at radius 1 is 1.47 bits per heavy atom. The molecule has 0 fully saturated rings. The molecule has 0 saturated heterocycles. The van der Waals surface area contributed by atoms with Gasteiger partial charge in [0.05, 0.1) is 22.7 Å². The second-order valence-corrected chi connectivity index (χ2v) is 4.95. The zero-order valence-electron chi connectivity index (χ0n) is 9.06. The number of likely N-dealkylation sites (N-methyl/N-ethyl adjacent to an activating group) is 1. The minimum absolute atomic E-state index is 0.283. The van der Waals surface area contributed by atoms with Gasteiger partial charge in [-0.15, -0.1) is 0 Å². The van der Waals surface area contributed by atoms with Crippen molar-refractivity contribution in [1.82, 2.24) is 5.32 Å². The van der Waals surface area contributed by atoms with Gasteiger partial charge < -0.3 is 10.4 Å². The molecule has 3 nitrogen and oxygen atoms in total. The van der Waals surface area contributed by atoms with Gasteiger partial charge in [0.1, 0.15) is 0 Å². The molecule has 0 radical (unpaired) electrons. The molecule has 2 N–H and O–H groups in total. The van der Waals surface area contributed by atoms with Crippen LogP contribution in [-0.2, 0) is 10.8 Å². The molecule has 1 aromatic carbocycles. The van der Waals surface area contributed by atoms with E-state index in [2.05, 4.69) is 5.32 Å². The van der Waals surface area contributed by atoms with Crippen LogP contribution in [0.15, 0.2) is 29.2 Å². The van der Waals surface area contributed by atoms with E-state index in [-0.39, 0.29) is 5.75 Å². The molecular weight excluding hydrogens is 210 g/mol. The van der Waals surface area contributed by atoms with Crippen molar-refractivity contribution >= 4 is 10.8 Å². The lowest BCUT2D eigenvalue weighted by Crippen LogP contribution is -2.28. The third-order valence-electron chi connectivity index (χ3n) is 2.12. The third-order valence-corrected chi connectivity index (χ3v) is 3.76. The Bertz CT molecular complexity index is 341. The van der Waals surface area contributed by atoms with Crippen LogP contribution in [0.5, 0.6) is 0 Å². The summed E-state index contributed by atoms with van der Waals surface area (Å²) in [7, 11) is 0.647. The molecule has 0 bridgehead atoms. The molecule has 0 amide bonds. The fourth-order valence-electron chi connectivity index (χ4n) is 1.37. The number of benzene rings is 1. The quantitative estimate of drug-likeness (QED) is 0.778. The van der Waals surface area contributed by atoms with Gasteiger partial charge in [-0.05, 0) is 25.6 Å². The van der Waals surface area contributed by atoms with Gasteiger partial charge >= 0.3 is 0 Å². The van der Waals surface area contributed by atoms with Crippen LogP contribution in [-0.4, -0.2) is 34.8 Å². The highest BCUT2D eigenvalue weighted by molar-refractivity contribution is 7.85.